The van der Waals surface area contributed by atoms with Crippen molar-refractivity contribution in [3.8, 4) is 0 Å². The van der Waals surface area contributed by atoms with Crippen LogP contribution in [-0.4, -0.2) is 42.6 Å². The van der Waals surface area contributed by atoms with Crippen molar-refractivity contribution >= 4 is 5.91 Å². The topological polar surface area (TPSA) is 41.6 Å². The van der Waals surface area contributed by atoms with Gasteiger partial charge in [0.15, 0.2) is 0 Å². The minimum absolute atomic E-state index is 0.0480. The van der Waals surface area contributed by atoms with Crippen LogP contribution in [0.25, 0.3) is 0 Å². The van der Waals surface area contributed by atoms with Crippen LogP contribution in [-0.2, 0) is 9.53 Å². The van der Waals surface area contributed by atoms with Gasteiger partial charge in [-0.3, -0.25) is 9.69 Å². The van der Waals surface area contributed by atoms with Crippen molar-refractivity contribution in [3.63, 3.8) is 0 Å². The summed E-state index contributed by atoms with van der Waals surface area (Å²) >= 11 is 0. The zero-order valence-corrected chi connectivity index (χ0v) is 14.9. The Hall–Kier alpha value is -2.17. The van der Waals surface area contributed by atoms with Crippen molar-refractivity contribution in [2.45, 2.75) is 32.0 Å². The predicted molar refractivity (Wildman–Crippen MR) is 99.3 cm³/mol. The summed E-state index contributed by atoms with van der Waals surface area (Å²) in [7, 11) is 0. The van der Waals surface area contributed by atoms with Crippen molar-refractivity contribution in [2.75, 3.05) is 19.7 Å². The van der Waals surface area contributed by atoms with Crippen LogP contribution in [0.3, 0.4) is 0 Å². The summed E-state index contributed by atoms with van der Waals surface area (Å²) in [4.78, 5) is 15.1. The van der Waals surface area contributed by atoms with E-state index in [-0.39, 0.29) is 24.1 Å². The highest BCUT2D eigenvalue weighted by atomic mass is 16.5. The van der Waals surface area contributed by atoms with E-state index in [0.717, 1.165) is 24.2 Å². The maximum Gasteiger partial charge on any atom is 0.237 e. The largest absolute Gasteiger partial charge is 0.376 e. The second-order valence-electron chi connectivity index (χ2n) is 6.62. The third kappa shape index (κ3) is 4.47. The van der Waals surface area contributed by atoms with Crippen LogP contribution in [0, 0.1) is 0 Å². The molecule has 0 aliphatic carbocycles. The molecule has 1 heterocycles. The molecule has 1 saturated heterocycles. The Kier molecular flexibility index (Phi) is 5.84. The first kappa shape index (κ1) is 17.6. The minimum atomic E-state index is -0.179. The fraction of sp³-hybridized carbons (Fsp3) is 0.381. The van der Waals surface area contributed by atoms with Gasteiger partial charge >= 0.3 is 0 Å². The fourth-order valence-corrected chi connectivity index (χ4v) is 3.28. The summed E-state index contributed by atoms with van der Waals surface area (Å²) < 4.78 is 5.58. The molecule has 2 aromatic carbocycles. The number of carbonyl (C=O) groups is 1. The van der Waals surface area contributed by atoms with E-state index in [4.69, 9.17) is 4.74 Å². The average molecular weight is 338 g/mol. The zero-order valence-electron chi connectivity index (χ0n) is 14.9. The molecule has 4 heteroatoms. The first-order valence-corrected chi connectivity index (χ1v) is 8.91. The van der Waals surface area contributed by atoms with E-state index in [1.165, 1.54) is 0 Å². The summed E-state index contributed by atoms with van der Waals surface area (Å²) in [6.07, 6.45) is 0.169. The van der Waals surface area contributed by atoms with Crippen LogP contribution < -0.4 is 5.32 Å². The zero-order chi connectivity index (χ0) is 17.6. The summed E-state index contributed by atoms with van der Waals surface area (Å²) in [6, 6.07) is 19.9. The molecule has 0 saturated carbocycles. The van der Waals surface area contributed by atoms with Crippen LogP contribution in [0.4, 0.5) is 0 Å². The van der Waals surface area contributed by atoms with Crippen LogP contribution in [0.2, 0.25) is 0 Å². The van der Waals surface area contributed by atoms with Gasteiger partial charge in [-0.05, 0) is 25.0 Å². The van der Waals surface area contributed by atoms with Crippen molar-refractivity contribution in [1.29, 1.82) is 0 Å². The highest BCUT2D eigenvalue weighted by Crippen LogP contribution is 2.22. The number of carbonyl (C=O) groups excluding carboxylic acids is 1. The van der Waals surface area contributed by atoms with Gasteiger partial charge in [-0.15, -0.1) is 0 Å². The lowest BCUT2D eigenvalue weighted by Gasteiger charge is -2.35. The number of nitrogens with zero attached hydrogens (tertiary/aromatic N) is 1. The highest BCUT2D eigenvalue weighted by molar-refractivity contribution is 5.82. The molecule has 0 radical (unpaired) electrons. The lowest BCUT2D eigenvalue weighted by Crippen LogP contribution is -2.52. The Morgan fingerprint density at radius 2 is 1.64 bits per heavy atom. The van der Waals surface area contributed by atoms with Crippen molar-refractivity contribution in [3.05, 3.63) is 71.8 Å². The lowest BCUT2D eigenvalue weighted by molar-refractivity contribution is -0.129. The van der Waals surface area contributed by atoms with E-state index in [0.29, 0.717) is 6.61 Å². The molecular weight excluding hydrogens is 312 g/mol. The van der Waals surface area contributed by atoms with Gasteiger partial charge in [-0.2, -0.15) is 0 Å². The standard InChI is InChI=1S/C21H26N2O2/c1-16-15-23(13-14-25-16)17(2)21(24)22-20(18-9-5-3-6-10-18)19-11-7-4-8-12-19/h3-12,16-17,20H,13-15H2,1-2H3,(H,22,24)/t16-,17+/m0/s1. The van der Waals surface area contributed by atoms with Gasteiger partial charge in [-0.1, -0.05) is 60.7 Å². The quantitative estimate of drug-likeness (QED) is 0.911. The molecule has 1 fully saturated rings. The Morgan fingerprint density at radius 3 is 2.16 bits per heavy atom. The lowest BCUT2D eigenvalue weighted by atomic mass is 9.98. The number of hydrogen-bond acceptors (Lipinski definition) is 3. The normalized spacial score (nSPS) is 19.6. The van der Waals surface area contributed by atoms with Gasteiger partial charge in [0, 0.05) is 13.1 Å². The number of hydrogen-bond donors (Lipinski definition) is 1. The molecule has 2 aromatic rings. The number of morpholine rings is 1. The molecule has 0 aromatic heterocycles. The Morgan fingerprint density at radius 1 is 1.08 bits per heavy atom. The molecular formula is C21H26N2O2. The number of benzene rings is 2. The average Bonchev–Trinajstić information content (AvgIpc) is 2.66. The van der Waals surface area contributed by atoms with Crippen molar-refractivity contribution in [1.82, 2.24) is 10.2 Å². The van der Waals surface area contributed by atoms with Crippen LogP contribution in [0.1, 0.15) is 31.0 Å². The van der Waals surface area contributed by atoms with Crippen LogP contribution >= 0.6 is 0 Å². The van der Waals surface area contributed by atoms with E-state index < -0.39 is 0 Å². The van der Waals surface area contributed by atoms with Crippen molar-refractivity contribution in [2.24, 2.45) is 0 Å². The van der Waals surface area contributed by atoms with E-state index in [2.05, 4.69) is 34.5 Å². The SMILES string of the molecule is C[C@H](C(=O)NC(c1ccccc1)c1ccccc1)N1CCO[C@@H](C)C1. The van der Waals surface area contributed by atoms with Gasteiger partial charge in [0.2, 0.25) is 5.91 Å². The first-order valence-electron chi connectivity index (χ1n) is 8.91. The molecule has 3 rings (SSSR count). The second kappa shape index (κ2) is 8.28. The summed E-state index contributed by atoms with van der Waals surface area (Å²) in [6.45, 7) is 6.28. The molecule has 4 nitrogen and oxygen atoms in total. The molecule has 132 valence electrons. The minimum Gasteiger partial charge on any atom is -0.376 e. The molecule has 2 atom stereocenters. The van der Waals surface area contributed by atoms with Crippen LogP contribution in [0.5, 0.6) is 0 Å². The highest BCUT2D eigenvalue weighted by Gasteiger charge is 2.28. The van der Waals surface area contributed by atoms with E-state index in [1.807, 2.05) is 50.2 Å². The first-order chi connectivity index (χ1) is 12.1. The second-order valence-corrected chi connectivity index (χ2v) is 6.62. The van der Waals surface area contributed by atoms with Gasteiger partial charge in [0.1, 0.15) is 0 Å². The van der Waals surface area contributed by atoms with Crippen molar-refractivity contribution < 1.29 is 9.53 Å². The number of nitrogens with one attached hydrogen (secondary N) is 1. The maximum atomic E-state index is 12.9. The smallest absolute Gasteiger partial charge is 0.237 e. The Balaban J connectivity index is 1.77. The van der Waals surface area contributed by atoms with E-state index in [9.17, 15) is 4.79 Å². The molecule has 0 unspecified atom stereocenters. The van der Waals surface area contributed by atoms with E-state index in [1.54, 1.807) is 0 Å². The molecule has 0 spiro atoms. The maximum absolute atomic E-state index is 12.9. The molecule has 1 amide bonds. The summed E-state index contributed by atoms with van der Waals surface area (Å²) in [5.41, 5.74) is 2.18. The third-order valence-electron chi connectivity index (χ3n) is 4.75. The number of amides is 1. The molecule has 1 N–H and O–H groups in total. The Bertz CT molecular complexity index is 635. The van der Waals surface area contributed by atoms with Gasteiger partial charge in [0.25, 0.3) is 0 Å². The molecule has 1 aliphatic heterocycles. The molecule has 25 heavy (non-hydrogen) atoms. The Labute approximate surface area is 149 Å². The monoisotopic (exact) mass is 338 g/mol. The predicted octanol–water partition coefficient (Wildman–Crippen LogP) is 3.00. The fourth-order valence-electron chi connectivity index (χ4n) is 3.28. The van der Waals surface area contributed by atoms with Gasteiger partial charge < -0.3 is 10.1 Å². The van der Waals surface area contributed by atoms with Gasteiger partial charge in [0.05, 0.1) is 24.8 Å². The molecule has 0 bridgehead atoms. The number of rotatable bonds is 5. The summed E-state index contributed by atoms with van der Waals surface area (Å²) in [5, 5.41) is 3.24. The van der Waals surface area contributed by atoms with Crippen LogP contribution in [0.15, 0.2) is 60.7 Å². The van der Waals surface area contributed by atoms with Gasteiger partial charge in [-0.25, -0.2) is 0 Å². The van der Waals surface area contributed by atoms with E-state index >= 15 is 0 Å². The molecule has 1 aliphatic rings. The number of ether oxygens (including phenoxy) is 1. The summed E-state index contributed by atoms with van der Waals surface area (Å²) in [5.74, 6) is 0.0480. The third-order valence-corrected chi connectivity index (χ3v) is 4.75.